The molecule has 2 unspecified atom stereocenters. The van der Waals surface area contributed by atoms with E-state index in [0.717, 1.165) is 10.6 Å². The lowest BCUT2D eigenvalue weighted by molar-refractivity contribution is -0.128. The van der Waals surface area contributed by atoms with E-state index >= 15 is 0 Å². The van der Waals surface area contributed by atoms with E-state index in [4.69, 9.17) is 11.6 Å². The molecule has 3 aromatic rings. The van der Waals surface area contributed by atoms with Crippen molar-refractivity contribution in [3.63, 3.8) is 0 Å². The van der Waals surface area contributed by atoms with Crippen LogP contribution in [0.4, 0.5) is 5.69 Å². The lowest BCUT2D eigenvalue weighted by Gasteiger charge is -2.23. The number of halogens is 1. The standard InChI is InChI=1S/C21H19ClN4O3S/c1-10(27)21-8-13(21)17(18(28)19(21)29)26-9-24-16-14(23-2)7-11(25-20(16)26)3-4-12-5-6-15(22)30-12/h5-7,9,13,17-19,28-29H,8H2,1-2H3,(H,23,25)/t13?,17-,18+,19?,21+/m1/s1. The van der Waals surface area contributed by atoms with Crippen molar-refractivity contribution in [2.45, 2.75) is 31.6 Å². The van der Waals surface area contributed by atoms with Gasteiger partial charge in [0.05, 0.1) is 38.8 Å². The first-order valence-electron chi connectivity index (χ1n) is 9.56. The number of thiophene rings is 1. The second-order valence-corrected chi connectivity index (χ2v) is 9.53. The van der Waals surface area contributed by atoms with Gasteiger partial charge in [-0.3, -0.25) is 4.79 Å². The predicted octanol–water partition coefficient (Wildman–Crippen LogP) is 2.46. The number of fused-ring (bicyclic) bond motifs is 2. The summed E-state index contributed by atoms with van der Waals surface area (Å²) in [7, 11) is 1.79. The molecule has 30 heavy (non-hydrogen) atoms. The fourth-order valence-corrected chi connectivity index (χ4v) is 5.65. The normalized spacial score (nSPS) is 29.4. The van der Waals surface area contributed by atoms with Gasteiger partial charge in [0, 0.05) is 7.05 Å². The van der Waals surface area contributed by atoms with Gasteiger partial charge in [0.1, 0.15) is 23.1 Å². The molecule has 9 heteroatoms. The maximum Gasteiger partial charge on any atom is 0.163 e. The highest BCUT2D eigenvalue weighted by atomic mass is 35.5. The van der Waals surface area contributed by atoms with Crippen LogP contribution in [0.3, 0.4) is 0 Å². The number of aliphatic hydroxyl groups is 2. The number of carbonyl (C=O) groups is 1. The molecular formula is C21H19ClN4O3S. The number of hydrogen-bond donors (Lipinski definition) is 3. The average molecular weight is 443 g/mol. The van der Waals surface area contributed by atoms with Crippen molar-refractivity contribution in [2.75, 3.05) is 12.4 Å². The minimum absolute atomic E-state index is 0.0870. The van der Waals surface area contributed by atoms with Crippen LogP contribution in [0.1, 0.15) is 30.0 Å². The molecule has 3 N–H and O–H groups in total. The summed E-state index contributed by atoms with van der Waals surface area (Å²) < 4.78 is 2.45. The summed E-state index contributed by atoms with van der Waals surface area (Å²) >= 11 is 7.36. The zero-order valence-electron chi connectivity index (χ0n) is 16.3. The molecule has 5 rings (SSSR count). The van der Waals surface area contributed by atoms with E-state index < -0.39 is 23.7 Å². The van der Waals surface area contributed by atoms with Gasteiger partial charge in [-0.1, -0.05) is 11.6 Å². The smallest absolute Gasteiger partial charge is 0.163 e. The van der Waals surface area contributed by atoms with Crippen LogP contribution in [-0.4, -0.2) is 49.8 Å². The van der Waals surface area contributed by atoms with E-state index in [0.29, 0.717) is 27.6 Å². The number of aliphatic hydroxyl groups excluding tert-OH is 2. The molecule has 154 valence electrons. The lowest BCUT2D eigenvalue weighted by Crippen LogP contribution is -2.36. The number of rotatable bonds is 3. The summed E-state index contributed by atoms with van der Waals surface area (Å²) in [5.74, 6) is 5.90. The van der Waals surface area contributed by atoms with Crippen LogP contribution in [-0.2, 0) is 4.79 Å². The summed E-state index contributed by atoms with van der Waals surface area (Å²) in [5.41, 5.74) is 1.64. The second kappa shape index (κ2) is 6.79. The van der Waals surface area contributed by atoms with Crippen molar-refractivity contribution < 1.29 is 15.0 Å². The highest BCUT2D eigenvalue weighted by molar-refractivity contribution is 7.16. The Hall–Kier alpha value is -2.44. The third kappa shape index (κ3) is 2.70. The van der Waals surface area contributed by atoms with Gasteiger partial charge in [0.2, 0.25) is 0 Å². The fraction of sp³-hybridized carbons (Fsp3) is 0.381. The number of Topliss-reactive ketones (excluding diaryl/α,β-unsaturated/α-hetero) is 1. The van der Waals surface area contributed by atoms with Crippen LogP contribution < -0.4 is 5.32 Å². The molecule has 0 aliphatic heterocycles. The Morgan fingerprint density at radius 3 is 2.83 bits per heavy atom. The van der Waals surface area contributed by atoms with Gasteiger partial charge in [0.15, 0.2) is 5.65 Å². The molecular weight excluding hydrogens is 424 g/mol. The number of anilines is 1. The second-order valence-electron chi connectivity index (χ2n) is 7.82. The quantitative estimate of drug-likeness (QED) is 0.539. The van der Waals surface area contributed by atoms with E-state index in [-0.39, 0.29) is 11.7 Å². The number of carbonyl (C=O) groups excluding carboxylic acids is 1. The van der Waals surface area contributed by atoms with E-state index in [2.05, 4.69) is 27.1 Å². The van der Waals surface area contributed by atoms with E-state index in [1.54, 1.807) is 24.0 Å². The highest BCUT2D eigenvalue weighted by Gasteiger charge is 2.74. The monoisotopic (exact) mass is 442 g/mol. The summed E-state index contributed by atoms with van der Waals surface area (Å²) in [6, 6.07) is 5.00. The first-order valence-corrected chi connectivity index (χ1v) is 10.8. The lowest BCUT2D eigenvalue weighted by atomic mass is 9.95. The maximum atomic E-state index is 12.2. The van der Waals surface area contributed by atoms with Crippen LogP contribution in [0.25, 0.3) is 11.2 Å². The Labute approximate surface area is 181 Å². The average Bonchev–Trinajstić information content (AvgIpc) is 2.98. The number of aromatic nitrogens is 3. The van der Waals surface area contributed by atoms with Gasteiger partial charge >= 0.3 is 0 Å². The topological polar surface area (TPSA) is 100 Å². The third-order valence-corrected chi connectivity index (χ3v) is 7.48. The number of ketones is 1. The molecule has 5 atom stereocenters. The van der Waals surface area contributed by atoms with Crippen LogP contribution in [0, 0.1) is 23.2 Å². The molecule has 2 aliphatic rings. The predicted molar refractivity (Wildman–Crippen MR) is 115 cm³/mol. The van der Waals surface area contributed by atoms with Crippen molar-refractivity contribution in [1.82, 2.24) is 14.5 Å². The molecule has 0 amide bonds. The van der Waals surface area contributed by atoms with Crippen LogP contribution in [0.15, 0.2) is 24.5 Å². The van der Waals surface area contributed by atoms with Gasteiger partial charge in [-0.25, -0.2) is 9.97 Å². The Balaban J connectivity index is 1.59. The molecule has 2 saturated carbocycles. The van der Waals surface area contributed by atoms with Crippen LogP contribution >= 0.6 is 22.9 Å². The van der Waals surface area contributed by atoms with Gasteiger partial charge < -0.3 is 20.1 Å². The van der Waals surface area contributed by atoms with Crippen LogP contribution in [0.2, 0.25) is 4.34 Å². The van der Waals surface area contributed by atoms with E-state index in [1.807, 2.05) is 12.1 Å². The first kappa shape index (κ1) is 19.5. The number of imidazole rings is 1. The molecule has 3 heterocycles. The van der Waals surface area contributed by atoms with Crippen molar-refractivity contribution >= 4 is 45.6 Å². The molecule has 3 aromatic heterocycles. The Morgan fingerprint density at radius 2 is 2.20 bits per heavy atom. The number of pyridine rings is 1. The zero-order chi connectivity index (χ0) is 21.2. The van der Waals surface area contributed by atoms with Gasteiger partial charge in [-0.05, 0) is 49.3 Å². The summed E-state index contributed by atoms with van der Waals surface area (Å²) in [4.78, 5) is 22.1. The number of nitrogens with one attached hydrogen (secondary N) is 1. The number of hydrogen-bond acceptors (Lipinski definition) is 7. The maximum absolute atomic E-state index is 12.2. The Bertz CT molecular complexity index is 1240. The van der Waals surface area contributed by atoms with Crippen molar-refractivity contribution in [1.29, 1.82) is 0 Å². The number of nitrogens with zero attached hydrogens (tertiary/aromatic N) is 3. The van der Waals surface area contributed by atoms with E-state index in [1.165, 1.54) is 18.3 Å². The van der Waals surface area contributed by atoms with Gasteiger partial charge in [-0.2, -0.15) is 0 Å². The van der Waals surface area contributed by atoms with Crippen LogP contribution in [0.5, 0.6) is 0 Å². The van der Waals surface area contributed by atoms with Crippen molar-refractivity contribution in [3.8, 4) is 11.8 Å². The molecule has 0 bridgehead atoms. The Morgan fingerprint density at radius 1 is 1.40 bits per heavy atom. The van der Waals surface area contributed by atoms with Crippen molar-refractivity contribution in [3.05, 3.63) is 39.4 Å². The minimum Gasteiger partial charge on any atom is -0.389 e. The first-order chi connectivity index (χ1) is 14.4. The largest absolute Gasteiger partial charge is 0.389 e. The van der Waals surface area contributed by atoms with Gasteiger partial charge in [0.25, 0.3) is 0 Å². The molecule has 0 radical (unpaired) electrons. The van der Waals surface area contributed by atoms with E-state index in [9.17, 15) is 15.0 Å². The summed E-state index contributed by atoms with van der Waals surface area (Å²) in [6.07, 6.45) is 0.0254. The highest BCUT2D eigenvalue weighted by Crippen LogP contribution is 2.68. The summed E-state index contributed by atoms with van der Waals surface area (Å²) in [6.45, 7) is 1.48. The molecule has 0 spiro atoms. The molecule has 0 aromatic carbocycles. The Kier molecular flexibility index (Phi) is 4.42. The van der Waals surface area contributed by atoms with Gasteiger partial charge in [-0.15, -0.1) is 11.3 Å². The molecule has 2 aliphatic carbocycles. The zero-order valence-corrected chi connectivity index (χ0v) is 17.8. The molecule has 2 fully saturated rings. The minimum atomic E-state index is -1.09. The fourth-order valence-electron chi connectivity index (χ4n) is 4.76. The van der Waals surface area contributed by atoms with Crippen molar-refractivity contribution in [2.24, 2.45) is 11.3 Å². The summed E-state index contributed by atoms with van der Waals surface area (Å²) in [5, 5.41) is 24.4. The SMILES string of the molecule is CNc1cc(C#Cc2ccc(Cl)s2)nc2c1ncn2[C@@H]1C2C[C@@]2(C(C)=O)C(O)[C@H]1O. The third-order valence-electron chi connectivity index (χ3n) is 6.34. The molecule has 7 nitrogen and oxygen atoms in total. The molecule has 0 saturated heterocycles.